The number of amides is 1. The minimum absolute atomic E-state index is 0.0811. The Bertz CT molecular complexity index is 1040. The highest BCUT2D eigenvalue weighted by molar-refractivity contribution is 6.21. The standard InChI is InChI=1S/C22H24N2O8/c1-4-5-10-31-20(27)17-18(23)32-14(11-15(25)29-2)16(19(26)30-3)22(17)12-8-6-7-9-13(12)24-21(22)28/h6-9H,4-5,10-11,23H2,1-3H3,(H,24,28)/t22-/m1/s1. The van der Waals surface area contributed by atoms with Crippen LogP contribution in [-0.4, -0.2) is 44.6 Å². The third kappa shape index (κ3) is 3.57. The number of unbranched alkanes of at least 4 members (excludes halogenated alkanes) is 1. The Morgan fingerprint density at radius 1 is 1.09 bits per heavy atom. The Balaban J connectivity index is 2.32. The first-order valence-electron chi connectivity index (χ1n) is 9.97. The highest BCUT2D eigenvalue weighted by atomic mass is 16.5. The lowest BCUT2D eigenvalue weighted by atomic mass is 9.67. The molecule has 10 heteroatoms. The zero-order valence-electron chi connectivity index (χ0n) is 18.0. The minimum atomic E-state index is -2.03. The van der Waals surface area contributed by atoms with Gasteiger partial charge in [-0.1, -0.05) is 31.5 Å². The SMILES string of the molecule is CCCCOC(=O)C1=C(N)OC(CC(=O)OC)=C(C(=O)OC)[C@@]12C(=O)Nc1ccccc12. The third-order valence-electron chi connectivity index (χ3n) is 5.29. The smallest absolute Gasteiger partial charge is 0.341 e. The number of hydrogen-bond acceptors (Lipinski definition) is 9. The van der Waals surface area contributed by atoms with Gasteiger partial charge in [-0.3, -0.25) is 9.59 Å². The van der Waals surface area contributed by atoms with Crippen LogP contribution in [0.2, 0.25) is 0 Å². The van der Waals surface area contributed by atoms with E-state index in [0.29, 0.717) is 12.1 Å². The first kappa shape index (κ1) is 22.9. The van der Waals surface area contributed by atoms with Crippen molar-refractivity contribution >= 4 is 29.5 Å². The molecule has 0 aliphatic carbocycles. The number of carbonyl (C=O) groups excluding carboxylic acids is 4. The summed E-state index contributed by atoms with van der Waals surface area (Å²) in [5, 5.41) is 2.68. The molecule has 0 radical (unpaired) electrons. The molecule has 1 aromatic carbocycles. The van der Waals surface area contributed by atoms with E-state index >= 15 is 0 Å². The predicted molar refractivity (Wildman–Crippen MR) is 111 cm³/mol. The number of hydrogen-bond donors (Lipinski definition) is 2. The van der Waals surface area contributed by atoms with Gasteiger partial charge < -0.3 is 30.0 Å². The molecular formula is C22H24N2O8. The maximum absolute atomic E-state index is 13.5. The van der Waals surface area contributed by atoms with Crippen molar-refractivity contribution in [1.29, 1.82) is 0 Å². The zero-order valence-corrected chi connectivity index (χ0v) is 18.0. The van der Waals surface area contributed by atoms with Gasteiger partial charge >= 0.3 is 17.9 Å². The van der Waals surface area contributed by atoms with E-state index in [4.69, 9.17) is 19.9 Å². The molecule has 2 aliphatic rings. The predicted octanol–water partition coefficient (Wildman–Crippen LogP) is 1.41. The molecule has 0 saturated carbocycles. The van der Waals surface area contributed by atoms with E-state index in [0.717, 1.165) is 20.6 Å². The van der Waals surface area contributed by atoms with E-state index in [1.54, 1.807) is 24.3 Å². The first-order chi connectivity index (χ1) is 15.3. The number of methoxy groups -OCH3 is 2. The van der Waals surface area contributed by atoms with Crippen LogP contribution in [0.1, 0.15) is 31.7 Å². The van der Waals surface area contributed by atoms with Crippen molar-refractivity contribution in [1.82, 2.24) is 0 Å². The molecule has 2 aliphatic heterocycles. The summed E-state index contributed by atoms with van der Waals surface area (Å²) < 4.78 is 20.5. The highest BCUT2D eigenvalue weighted by Gasteiger charge is 2.62. The molecule has 0 aromatic heterocycles. The van der Waals surface area contributed by atoms with Crippen LogP contribution in [0.4, 0.5) is 5.69 Å². The van der Waals surface area contributed by atoms with Gasteiger partial charge in [-0.05, 0) is 12.5 Å². The third-order valence-corrected chi connectivity index (χ3v) is 5.29. The van der Waals surface area contributed by atoms with Crippen molar-refractivity contribution in [3.63, 3.8) is 0 Å². The molecule has 3 N–H and O–H groups in total. The van der Waals surface area contributed by atoms with Gasteiger partial charge in [-0.25, -0.2) is 9.59 Å². The fourth-order valence-electron chi connectivity index (χ4n) is 3.84. The van der Waals surface area contributed by atoms with Crippen LogP contribution in [0.25, 0.3) is 0 Å². The Hall–Kier alpha value is -3.82. The van der Waals surface area contributed by atoms with E-state index in [1.165, 1.54) is 0 Å². The lowest BCUT2D eigenvalue weighted by Gasteiger charge is -2.35. The van der Waals surface area contributed by atoms with E-state index in [-0.39, 0.29) is 29.1 Å². The number of carbonyl (C=O) groups is 4. The molecule has 10 nitrogen and oxygen atoms in total. The maximum Gasteiger partial charge on any atom is 0.341 e. The van der Waals surface area contributed by atoms with Crippen LogP contribution in [0.15, 0.2) is 47.1 Å². The molecule has 1 spiro atoms. The molecule has 2 heterocycles. The average Bonchev–Trinajstić information content (AvgIpc) is 3.05. The normalized spacial score (nSPS) is 19.3. The van der Waals surface area contributed by atoms with Gasteiger partial charge in [0, 0.05) is 11.3 Å². The number of benzene rings is 1. The molecule has 0 fully saturated rings. The van der Waals surface area contributed by atoms with Gasteiger partial charge in [0.15, 0.2) is 0 Å². The number of anilines is 1. The summed E-state index contributed by atoms with van der Waals surface area (Å²) in [6.45, 7) is 2.00. The van der Waals surface area contributed by atoms with Crippen molar-refractivity contribution in [2.75, 3.05) is 26.1 Å². The summed E-state index contributed by atoms with van der Waals surface area (Å²) in [7, 11) is 2.27. The lowest BCUT2D eigenvalue weighted by molar-refractivity contribution is -0.143. The fourth-order valence-corrected chi connectivity index (χ4v) is 3.84. The Kier molecular flexibility index (Phi) is 6.52. The topological polar surface area (TPSA) is 143 Å². The van der Waals surface area contributed by atoms with Gasteiger partial charge in [-0.15, -0.1) is 0 Å². The molecule has 1 atom stereocenters. The molecule has 0 bridgehead atoms. The fraction of sp³-hybridized carbons (Fsp3) is 0.364. The summed E-state index contributed by atoms with van der Waals surface area (Å²) >= 11 is 0. The Morgan fingerprint density at radius 3 is 2.47 bits per heavy atom. The second kappa shape index (κ2) is 9.13. The molecule has 1 amide bonds. The number of esters is 3. The molecule has 3 rings (SSSR count). The van der Waals surface area contributed by atoms with E-state index in [9.17, 15) is 19.2 Å². The minimum Gasteiger partial charge on any atom is -0.469 e. The number of ether oxygens (including phenoxy) is 4. The summed E-state index contributed by atoms with van der Waals surface area (Å²) in [6.07, 6.45) is 0.837. The summed E-state index contributed by atoms with van der Waals surface area (Å²) in [5.41, 5.74) is 4.02. The number of nitrogens with two attached hydrogens (primary N) is 1. The first-order valence-corrected chi connectivity index (χ1v) is 9.97. The monoisotopic (exact) mass is 444 g/mol. The quantitative estimate of drug-likeness (QED) is 0.362. The summed E-state index contributed by atoms with van der Waals surface area (Å²) in [6, 6.07) is 6.51. The van der Waals surface area contributed by atoms with Gasteiger partial charge in [0.2, 0.25) is 11.8 Å². The van der Waals surface area contributed by atoms with Crippen molar-refractivity contribution in [2.45, 2.75) is 31.6 Å². The van der Waals surface area contributed by atoms with Crippen LogP contribution < -0.4 is 11.1 Å². The maximum atomic E-state index is 13.5. The highest BCUT2D eigenvalue weighted by Crippen LogP contribution is 2.52. The molecule has 0 saturated heterocycles. The molecule has 32 heavy (non-hydrogen) atoms. The van der Waals surface area contributed by atoms with Gasteiger partial charge in [0.05, 0.1) is 20.8 Å². The summed E-state index contributed by atoms with van der Waals surface area (Å²) in [5.74, 6) is -4.06. The molecular weight excluding hydrogens is 420 g/mol. The number of fused-ring (bicyclic) bond motifs is 2. The Labute approximate surface area is 184 Å². The molecule has 1 aromatic rings. The van der Waals surface area contributed by atoms with E-state index < -0.39 is 41.5 Å². The number of nitrogens with one attached hydrogen (secondary N) is 1. The molecule has 0 unspecified atom stereocenters. The average molecular weight is 444 g/mol. The van der Waals surface area contributed by atoms with Crippen LogP contribution in [0.5, 0.6) is 0 Å². The van der Waals surface area contributed by atoms with Crippen LogP contribution in [-0.2, 0) is 43.5 Å². The van der Waals surface area contributed by atoms with Crippen LogP contribution in [0, 0.1) is 0 Å². The second-order valence-corrected chi connectivity index (χ2v) is 7.12. The lowest BCUT2D eigenvalue weighted by Crippen LogP contribution is -2.48. The summed E-state index contributed by atoms with van der Waals surface area (Å²) in [4.78, 5) is 51.7. The molecule has 170 valence electrons. The van der Waals surface area contributed by atoms with E-state index in [2.05, 4.69) is 10.1 Å². The van der Waals surface area contributed by atoms with Gasteiger partial charge in [-0.2, -0.15) is 0 Å². The van der Waals surface area contributed by atoms with Crippen LogP contribution >= 0.6 is 0 Å². The van der Waals surface area contributed by atoms with Crippen molar-refractivity contribution in [3.8, 4) is 0 Å². The zero-order chi connectivity index (χ0) is 23.5. The van der Waals surface area contributed by atoms with Gasteiger partial charge in [0.25, 0.3) is 0 Å². The van der Waals surface area contributed by atoms with Crippen molar-refractivity contribution in [3.05, 3.63) is 52.6 Å². The largest absolute Gasteiger partial charge is 0.469 e. The number of rotatable bonds is 7. The second-order valence-electron chi connectivity index (χ2n) is 7.12. The van der Waals surface area contributed by atoms with Crippen molar-refractivity contribution in [2.24, 2.45) is 5.73 Å². The number of para-hydroxylation sites is 1. The Morgan fingerprint density at radius 2 is 1.81 bits per heavy atom. The van der Waals surface area contributed by atoms with Crippen molar-refractivity contribution < 1.29 is 38.1 Å². The van der Waals surface area contributed by atoms with Crippen LogP contribution in [0.3, 0.4) is 0 Å². The van der Waals surface area contributed by atoms with E-state index in [1.807, 2.05) is 6.92 Å². The van der Waals surface area contributed by atoms with Gasteiger partial charge in [0.1, 0.15) is 28.7 Å².